The fourth-order valence-electron chi connectivity index (χ4n) is 3.24. The van der Waals surface area contributed by atoms with E-state index in [1.165, 1.54) is 12.1 Å². The van der Waals surface area contributed by atoms with Crippen molar-refractivity contribution in [2.75, 3.05) is 5.01 Å². The summed E-state index contributed by atoms with van der Waals surface area (Å²) >= 11 is 7.82. The van der Waals surface area contributed by atoms with Crippen LogP contribution in [0.1, 0.15) is 29.3 Å². The van der Waals surface area contributed by atoms with Crippen LogP contribution in [0.3, 0.4) is 0 Å². The van der Waals surface area contributed by atoms with E-state index in [0.29, 0.717) is 5.02 Å². The van der Waals surface area contributed by atoms with Gasteiger partial charge in [-0.15, -0.1) is 11.3 Å². The summed E-state index contributed by atoms with van der Waals surface area (Å²) in [5.74, 6) is 0. The lowest BCUT2D eigenvalue weighted by Crippen LogP contribution is -2.29. The predicted octanol–water partition coefficient (Wildman–Crippen LogP) is 5.22. The SMILES string of the molecule is Cc1csc(N2N=C(c3ccc([N+](=O)[O-])cc3)c3cc(Cl)ccc3CC2C)n1. The Balaban J connectivity index is 1.89. The molecule has 0 bridgehead atoms. The van der Waals surface area contributed by atoms with Crippen LogP contribution in [-0.2, 0) is 6.42 Å². The van der Waals surface area contributed by atoms with Gasteiger partial charge >= 0.3 is 0 Å². The first kappa shape index (κ1) is 18.6. The van der Waals surface area contributed by atoms with Gasteiger partial charge < -0.3 is 0 Å². The Morgan fingerprint density at radius 1 is 1.25 bits per heavy atom. The number of nitro benzene ring substituents is 1. The normalized spacial score (nSPS) is 16.3. The van der Waals surface area contributed by atoms with E-state index in [4.69, 9.17) is 16.7 Å². The van der Waals surface area contributed by atoms with Crippen molar-refractivity contribution in [2.45, 2.75) is 26.3 Å². The molecule has 0 aliphatic carbocycles. The molecule has 2 aromatic carbocycles. The average molecular weight is 413 g/mol. The van der Waals surface area contributed by atoms with Crippen molar-refractivity contribution >= 4 is 39.5 Å². The first-order valence-corrected chi connectivity index (χ1v) is 10.0. The van der Waals surface area contributed by atoms with Crippen LogP contribution >= 0.6 is 22.9 Å². The van der Waals surface area contributed by atoms with Gasteiger partial charge in [-0.25, -0.2) is 9.99 Å². The highest BCUT2D eigenvalue weighted by atomic mass is 35.5. The third kappa shape index (κ3) is 3.50. The summed E-state index contributed by atoms with van der Waals surface area (Å²) in [4.78, 5) is 15.2. The second-order valence-corrected chi connectivity index (χ2v) is 8.00. The Morgan fingerprint density at radius 3 is 2.64 bits per heavy atom. The van der Waals surface area contributed by atoms with Crippen molar-refractivity contribution < 1.29 is 4.92 Å². The zero-order valence-corrected chi connectivity index (χ0v) is 16.9. The Bertz CT molecular complexity index is 1080. The zero-order valence-electron chi connectivity index (χ0n) is 15.3. The minimum atomic E-state index is -0.407. The first-order chi connectivity index (χ1) is 13.4. The zero-order chi connectivity index (χ0) is 19.8. The molecule has 1 atom stereocenters. The number of hydrazone groups is 1. The maximum atomic E-state index is 11.0. The number of nitro groups is 1. The maximum Gasteiger partial charge on any atom is 0.269 e. The minimum Gasteiger partial charge on any atom is -0.258 e. The third-order valence-electron chi connectivity index (χ3n) is 4.62. The molecule has 0 amide bonds. The van der Waals surface area contributed by atoms with E-state index in [1.807, 2.05) is 35.5 Å². The van der Waals surface area contributed by atoms with Crippen LogP contribution in [0.15, 0.2) is 52.9 Å². The van der Waals surface area contributed by atoms with E-state index < -0.39 is 4.92 Å². The highest BCUT2D eigenvalue weighted by molar-refractivity contribution is 7.13. The molecule has 1 aliphatic rings. The average Bonchev–Trinajstić information content (AvgIpc) is 3.04. The largest absolute Gasteiger partial charge is 0.269 e. The molecular weight excluding hydrogens is 396 g/mol. The highest BCUT2D eigenvalue weighted by Crippen LogP contribution is 2.31. The maximum absolute atomic E-state index is 11.0. The molecule has 142 valence electrons. The summed E-state index contributed by atoms with van der Waals surface area (Å²) in [6.45, 7) is 4.06. The number of nitrogens with zero attached hydrogens (tertiary/aromatic N) is 4. The Morgan fingerprint density at radius 2 is 2.00 bits per heavy atom. The minimum absolute atomic E-state index is 0.0464. The summed E-state index contributed by atoms with van der Waals surface area (Å²) in [5, 5.41) is 21.3. The van der Waals surface area contributed by atoms with E-state index in [-0.39, 0.29) is 11.7 Å². The van der Waals surface area contributed by atoms with Gasteiger partial charge in [-0.3, -0.25) is 10.1 Å². The van der Waals surface area contributed by atoms with Crippen LogP contribution in [0.5, 0.6) is 0 Å². The quantitative estimate of drug-likeness (QED) is 0.437. The van der Waals surface area contributed by atoms with Gasteiger partial charge in [-0.05, 0) is 50.1 Å². The molecular formula is C20H17ClN4O2S. The Kier molecular flexibility index (Phi) is 4.87. The van der Waals surface area contributed by atoms with Crippen LogP contribution < -0.4 is 5.01 Å². The van der Waals surface area contributed by atoms with Gasteiger partial charge in [-0.1, -0.05) is 17.7 Å². The first-order valence-electron chi connectivity index (χ1n) is 8.76. The molecule has 0 fully saturated rings. The topological polar surface area (TPSA) is 71.6 Å². The molecule has 2 heterocycles. The van der Waals surface area contributed by atoms with Crippen LogP contribution in [-0.4, -0.2) is 21.7 Å². The molecule has 0 N–H and O–H groups in total. The predicted molar refractivity (Wildman–Crippen MR) is 113 cm³/mol. The number of benzene rings is 2. The van der Waals surface area contributed by atoms with Crippen molar-refractivity contribution in [1.82, 2.24) is 4.98 Å². The van der Waals surface area contributed by atoms with Crippen LogP contribution in [0.25, 0.3) is 0 Å². The van der Waals surface area contributed by atoms with Gasteiger partial charge in [0.15, 0.2) is 0 Å². The van der Waals surface area contributed by atoms with Gasteiger partial charge in [0.25, 0.3) is 5.69 Å². The van der Waals surface area contributed by atoms with Gasteiger partial charge in [-0.2, -0.15) is 5.10 Å². The summed E-state index contributed by atoms with van der Waals surface area (Å²) in [6.07, 6.45) is 0.783. The van der Waals surface area contributed by atoms with Gasteiger partial charge in [0.05, 0.1) is 22.4 Å². The second-order valence-electron chi connectivity index (χ2n) is 6.72. The molecule has 0 radical (unpaired) electrons. The number of thiazole rings is 1. The number of anilines is 1. The van der Waals surface area contributed by atoms with E-state index in [2.05, 4.69) is 11.9 Å². The summed E-state index contributed by atoms with van der Waals surface area (Å²) < 4.78 is 0. The second kappa shape index (κ2) is 7.33. The number of aryl methyl sites for hydroxylation is 1. The molecule has 1 aliphatic heterocycles. The molecule has 0 saturated carbocycles. The van der Waals surface area contributed by atoms with Crippen molar-refractivity contribution in [3.05, 3.63) is 85.4 Å². The van der Waals surface area contributed by atoms with Crippen LogP contribution in [0, 0.1) is 17.0 Å². The van der Waals surface area contributed by atoms with Crippen molar-refractivity contribution in [3.8, 4) is 0 Å². The summed E-state index contributed by atoms with van der Waals surface area (Å²) in [7, 11) is 0. The van der Waals surface area contributed by atoms with E-state index in [9.17, 15) is 10.1 Å². The lowest BCUT2D eigenvalue weighted by Gasteiger charge is -2.22. The molecule has 3 aromatic rings. The van der Waals surface area contributed by atoms with Gasteiger partial charge in [0.1, 0.15) is 0 Å². The number of fused-ring (bicyclic) bond motifs is 1. The Hall–Kier alpha value is -2.77. The fourth-order valence-corrected chi connectivity index (χ4v) is 4.27. The number of halogens is 1. The van der Waals surface area contributed by atoms with E-state index in [1.54, 1.807) is 23.5 Å². The lowest BCUT2D eigenvalue weighted by atomic mass is 9.95. The monoisotopic (exact) mass is 412 g/mol. The molecule has 28 heavy (non-hydrogen) atoms. The fraction of sp³-hybridized carbons (Fsp3) is 0.200. The van der Waals surface area contributed by atoms with Crippen LogP contribution in [0.2, 0.25) is 5.02 Å². The molecule has 4 rings (SSSR count). The molecule has 1 aromatic heterocycles. The molecule has 1 unspecified atom stereocenters. The van der Waals surface area contributed by atoms with Crippen molar-refractivity contribution in [3.63, 3.8) is 0 Å². The number of hydrogen-bond donors (Lipinski definition) is 0. The van der Waals surface area contributed by atoms with Crippen molar-refractivity contribution in [2.24, 2.45) is 5.10 Å². The highest BCUT2D eigenvalue weighted by Gasteiger charge is 2.26. The Labute approximate surface area is 171 Å². The lowest BCUT2D eigenvalue weighted by molar-refractivity contribution is -0.384. The number of hydrogen-bond acceptors (Lipinski definition) is 6. The molecule has 6 nitrogen and oxygen atoms in total. The third-order valence-corrected chi connectivity index (χ3v) is 5.81. The smallest absolute Gasteiger partial charge is 0.258 e. The van der Waals surface area contributed by atoms with E-state index in [0.717, 1.165) is 39.6 Å². The number of non-ortho nitro benzene ring substituents is 1. The van der Waals surface area contributed by atoms with Crippen molar-refractivity contribution in [1.29, 1.82) is 0 Å². The van der Waals surface area contributed by atoms with Crippen LogP contribution in [0.4, 0.5) is 10.8 Å². The van der Waals surface area contributed by atoms with Gasteiger partial charge in [0.2, 0.25) is 5.13 Å². The molecule has 0 spiro atoms. The standard InChI is InChI=1S/C20H17ClN4O2S/c1-12-11-28-20(22-12)24-13(2)9-15-3-6-16(21)10-18(15)19(23-24)14-4-7-17(8-5-14)25(26)27/h3-8,10-11,13H,9H2,1-2H3. The molecule has 0 saturated heterocycles. The number of aromatic nitrogens is 1. The number of rotatable bonds is 3. The molecule has 8 heteroatoms. The summed E-state index contributed by atoms with van der Waals surface area (Å²) in [5.41, 5.74) is 4.58. The summed E-state index contributed by atoms with van der Waals surface area (Å²) in [6, 6.07) is 12.3. The van der Waals surface area contributed by atoms with E-state index >= 15 is 0 Å². The van der Waals surface area contributed by atoms with Gasteiger partial charge in [0, 0.05) is 33.7 Å².